The Bertz CT molecular complexity index is 612. The molecule has 1 atom stereocenters. The summed E-state index contributed by atoms with van der Waals surface area (Å²) in [4.78, 5) is 10.6. The molecule has 1 aliphatic carbocycles. The van der Waals surface area contributed by atoms with Crippen LogP contribution in [-0.4, -0.2) is 11.0 Å². The number of nitro groups is 1. The van der Waals surface area contributed by atoms with Crippen molar-refractivity contribution in [2.45, 2.75) is 19.9 Å². The molecule has 0 spiro atoms. The molecule has 2 rings (SSSR count). The molecule has 0 bridgehead atoms. The predicted molar refractivity (Wildman–Crippen MR) is 76.6 cm³/mol. The van der Waals surface area contributed by atoms with E-state index in [0.29, 0.717) is 5.56 Å². The fourth-order valence-electron chi connectivity index (χ4n) is 2.05. The summed E-state index contributed by atoms with van der Waals surface area (Å²) in [6.07, 6.45) is 5.78. The van der Waals surface area contributed by atoms with Crippen LogP contribution in [0.4, 0.5) is 5.69 Å². The van der Waals surface area contributed by atoms with Crippen LogP contribution in [0, 0.1) is 10.1 Å². The van der Waals surface area contributed by atoms with E-state index >= 15 is 0 Å². The van der Waals surface area contributed by atoms with E-state index in [1.807, 2.05) is 32.1 Å². The third-order valence-electron chi connectivity index (χ3n) is 3.24. The Morgan fingerprint density at radius 2 is 2.00 bits per heavy atom. The molecule has 1 aromatic rings. The van der Waals surface area contributed by atoms with Crippen molar-refractivity contribution in [3.05, 3.63) is 68.8 Å². The van der Waals surface area contributed by atoms with Gasteiger partial charge in [-0.05, 0) is 37.1 Å². The van der Waals surface area contributed by atoms with Crippen LogP contribution in [0.25, 0.3) is 6.08 Å². The highest BCUT2D eigenvalue weighted by atomic mass is 16.6. The van der Waals surface area contributed by atoms with Gasteiger partial charge in [-0.25, -0.2) is 0 Å². The van der Waals surface area contributed by atoms with Gasteiger partial charge >= 0.3 is 0 Å². The summed E-state index contributed by atoms with van der Waals surface area (Å²) >= 11 is 0. The quantitative estimate of drug-likeness (QED) is 0.652. The molecule has 0 saturated heterocycles. The van der Waals surface area contributed by atoms with Crippen LogP contribution in [-0.2, 0) is 0 Å². The summed E-state index contributed by atoms with van der Waals surface area (Å²) in [5.74, 6) is 0. The number of allylic oxidation sites excluding steroid dienone is 3. The molecule has 0 fully saturated rings. The number of benzene rings is 1. The number of nitrogens with zero attached hydrogens (tertiary/aromatic N) is 1. The lowest BCUT2D eigenvalue weighted by Gasteiger charge is -2.17. The topological polar surface area (TPSA) is 69.2 Å². The Kier molecular flexibility index (Phi) is 3.62. The van der Waals surface area contributed by atoms with E-state index in [9.17, 15) is 10.1 Å². The van der Waals surface area contributed by atoms with E-state index in [0.717, 1.165) is 16.7 Å². The normalized spacial score (nSPS) is 21.0. The number of nitro benzene ring substituents is 1. The average Bonchev–Trinajstić information content (AvgIpc) is 2.36. The number of para-hydroxylation sites is 1. The second-order valence-electron chi connectivity index (χ2n) is 4.68. The Morgan fingerprint density at radius 1 is 1.32 bits per heavy atom. The molecule has 0 aliphatic heterocycles. The van der Waals surface area contributed by atoms with Gasteiger partial charge in [0, 0.05) is 12.1 Å². The number of rotatable bonds is 2. The first-order valence-corrected chi connectivity index (χ1v) is 6.06. The van der Waals surface area contributed by atoms with E-state index < -0.39 is 0 Å². The van der Waals surface area contributed by atoms with Crippen molar-refractivity contribution >= 4 is 11.8 Å². The average molecular weight is 256 g/mol. The lowest BCUT2D eigenvalue weighted by atomic mass is 9.92. The molecule has 4 heteroatoms. The SMILES string of the molecule is CC1=CC(N)C(C)=C/C1=C/c1ccccc1[N+](=O)[O-]. The number of hydrogen-bond acceptors (Lipinski definition) is 3. The molecule has 2 N–H and O–H groups in total. The summed E-state index contributed by atoms with van der Waals surface area (Å²) < 4.78 is 0. The molecule has 0 amide bonds. The zero-order valence-electron chi connectivity index (χ0n) is 11.0. The third kappa shape index (κ3) is 2.80. The van der Waals surface area contributed by atoms with Crippen LogP contribution in [0.3, 0.4) is 0 Å². The lowest BCUT2D eigenvalue weighted by molar-refractivity contribution is -0.385. The molecule has 1 aliphatic rings. The Hall–Kier alpha value is -2.20. The van der Waals surface area contributed by atoms with Crippen LogP contribution in [0.1, 0.15) is 19.4 Å². The van der Waals surface area contributed by atoms with Crippen molar-refractivity contribution in [1.29, 1.82) is 0 Å². The molecular weight excluding hydrogens is 240 g/mol. The maximum Gasteiger partial charge on any atom is 0.276 e. The van der Waals surface area contributed by atoms with Gasteiger partial charge in [-0.15, -0.1) is 0 Å². The standard InChI is InChI=1S/C15H16N2O2/c1-10-8-14(16)11(2)7-13(10)9-12-5-3-4-6-15(12)17(18)19/h3-9,14H,16H2,1-2H3/b13-9-. The molecule has 0 saturated carbocycles. The molecule has 1 unspecified atom stereocenters. The van der Waals surface area contributed by atoms with Crippen LogP contribution in [0.5, 0.6) is 0 Å². The van der Waals surface area contributed by atoms with Gasteiger partial charge in [-0.3, -0.25) is 10.1 Å². The van der Waals surface area contributed by atoms with Crippen molar-refractivity contribution in [3.8, 4) is 0 Å². The van der Waals surface area contributed by atoms with Gasteiger partial charge in [-0.1, -0.05) is 29.9 Å². The molecule has 4 nitrogen and oxygen atoms in total. The molecule has 1 aromatic carbocycles. The highest BCUT2D eigenvalue weighted by Gasteiger charge is 2.14. The highest BCUT2D eigenvalue weighted by molar-refractivity contribution is 5.69. The van der Waals surface area contributed by atoms with Crippen molar-refractivity contribution < 1.29 is 4.92 Å². The summed E-state index contributed by atoms with van der Waals surface area (Å²) in [5.41, 5.74) is 9.70. The van der Waals surface area contributed by atoms with Crippen molar-refractivity contribution in [3.63, 3.8) is 0 Å². The van der Waals surface area contributed by atoms with Crippen molar-refractivity contribution in [2.24, 2.45) is 5.73 Å². The smallest absolute Gasteiger partial charge is 0.276 e. The highest BCUT2D eigenvalue weighted by Crippen LogP contribution is 2.27. The summed E-state index contributed by atoms with van der Waals surface area (Å²) in [5, 5.41) is 11.0. The molecule has 0 heterocycles. The molecule has 98 valence electrons. The van der Waals surface area contributed by atoms with Crippen LogP contribution < -0.4 is 5.73 Å². The van der Waals surface area contributed by atoms with Crippen molar-refractivity contribution in [1.82, 2.24) is 0 Å². The monoisotopic (exact) mass is 256 g/mol. The van der Waals surface area contributed by atoms with Crippen LogP contribution in [0.2, 0.25) is 0 Å². The van der Waals surface area contributed by atoms with E-state index in [4.69, 9.17) is 5.73 Å². The first-order chi connectivity index (χ1) is 8.99. The summed E-state index contributed by atoms with van der Waals surface area (Å²) in [6, 6.07) is 6.65. The van der Waals surface area contributed by atoms with Gasteiger partial charge in [0.2, 0.25) is 0 Å². The van der Waals surface area contributed by atoms with Gasteiger partial charge in [0.1, 0.15) is 0 Å². The molecule has 19 heavy (non-hydrogen) atoms. The maximum absolute atomic E-state index is 11.0. The van der Waals surface area contributed by atoms with Crippen LogP contribution >= 0.6 is 0 Å². The molecule has 0 radical (unpaired) electrons. The van der Waals surface area contributed by atoms with Gasteiger partial charge in [-0.2, -0.15) is 0 Å². The van der Waals surface area contributed by atoms with E-state index in [2.05, 4.69) is 0 Å². The van der Waals surface area contributed by atoms with Gasteiger partial charge in [0.05, 0.1) is 10.5 Å². The lowest BCUT2D eigenvalue weighted by Crippen LogP contribution is -2.21. The Balaban J connectivity index is 2.48. The Morgan fingerprint density at radius 3 is 2.68 bits per heavy atom. The van der Waals surface area contributed by atoms with Crippen molar-refractivity contribution in [2.75, 3.05) is 0 Å². The minimum absolute atomic E-state index is 0.0668. The second kappa shape index (κ2) is 5.20. The maximum atomic E-state index is 11.0. The van der Waals surface area contributed by atoms with E-state index in [1.54, 1.807) is 18.2 Å². The number of nitrogens with two attached hydrogens (primary N) is 1. The van der Waals surface area contributed by atoms with E-state index in [-0.39, 0.29) is 16.7 Å². The first-order valence-electron chi connectivity index (χ1n) is 6.06. The fraction of sp³-hybridized carbons (Fsp3) is 0.200. The minimum Gasteiger partial charge on any atom is -0.321 e. The minimum atomic E-state index is -0.365. The van der Waals surface area contributed by atoms with Gasteiger partial charge in [0.15, 0.2) is 0 Å². The predicted octanol–water partition coefficient (Wildman–Crippen LogP) is 3.21. The zero-order chi connectivity index (χ0) is 14.0. The van der Waals surface area contributed by atoms with Crippen LogP contribution in [0.15, 0.2) is 53.1 Å². The van der Waals surface area contributed by atoms with E-state index in [1.165, 1.54) is 6.07 Å². The number of hydrogen-bond donors (Lipinski definition) is 1. The summed E-state index contributed by atoms with van der Waals surface area (Å²) in [7, 11) is 0. The largest absolute Gasteiger partial charge is 0.321 e. The Labute approximate surface area is 112 Å². The first kappa shape index (κ1) is 13.2. The van der Waals surface area contributed by atoms with Gasteiger partial charge in [0.25, 0.3) is 5.69 Å². The van der Waals surface area contributed by atoms with Gasteiger partial charge < -0.3 is 5.73 Å². The third-order valence-corrected chi connectivity index (χ3v) is 3.24. The molecule has 0 aromatic heterocycles. The summed E-state index contributed by atoms with van der Waals surface area (Å²) in [6.45, 7) is 3.92. The fourth-order valence-corrected chi connectivity index (χ4v) is 2.05. The molecular formula is C15H16N2O2. The second-order valence-corrected chi connectivity index (χ2v) is 4.68. The zero-order valence-corrected chi connectivity index (χ0v) is 11.0.